The zero-order valence-electron chi connectivity index (χ0n) is 21.0. The summed E-state index contributed by atoms with van der Waals surface area (Å²) in [6.45, 7) is 6.66. The summed E-state index contributed by atoms with van der Waals surface area (Å²) in [5.74, 6) is -0.921. The maximum Gasteiger partial charge on any atom is 0.244 e. The SMILES string of the molecule is CC[C@H](C)NC(=O)[C@H](CC)N(Cc1c(Cl)cccc1Cl)C(=O)CN(c1cccc(Cl)c1C)S(C)(=O)=O. The Kier molecular flexibility index (Phi) is 10.9. The van der Waals surface area contributed by atoms with E-state index in [4.69, 9.17) is 34.8 Å². The summed E-state index contributed by atoms with van der Waals surface area (Å²) in [6.07, 6.45) is 2.02. The molecule has 0 aliphatic heterocycles. The van der Waals surface area contributed by atoms with E-state index in [0.717, 1.165) is 10.6 Å². The van der Waals surface area contributed by atoms with Gasteiger partial charge in [-0.3, -0.25) is 13.9 Å². The molecule has 0 aliphatic carbocycles. The minimum Gasteiger partial charge on any atom is -0.352 e. The number of nitrogens with zero attached hydrogens (tertiary/aromatic N) is 2. The van der Waals surface area contributed by atoms with Gasteiger partial charge in [0.15, 0.2) is 0 Å². The van der Waals surface area contributed by atoms with Gasteiger partial charge in [0.1, 0.15) is 12.6 Å². The molecule has 0 saturated heterocycles. The number of halogens is 3. The molecule has 7 nitrogen and oxygen atoms in total. The second-order valence-electron chi connectivity index (χ2n) is 8.62. The molecular weight excluding hydrogens is 545 g/mol. The summed E-state index contributed by atoms with van der Waals surface area (Å²) >= 11 is 19.0. The van der Waals surface area contributed by atoms with E-state index in [1.807, 2.05) is 13.8 Å². The van der Waals surface area contributed by atoms with Crippen LogP contribution in [0.5, 0.6) is 0 Å². The molecule has 2 rings (SSSR count). The first kappa shape index (κ1) is 30.2. The van der Waals surface area contributed by atoms with E-state index in [0.29, 0.717) is 39.0 Å². The van der Waals surface area contributed by atoms with E-state index >= 15 is 0 Å². The highest BCUT2D eigenvalue weighted by Gasteiger charge is 2.33. The first-order valence-electron chi connectivity index (χ1n) is 11.6. The molecule has 0 aromatic heterocycles. The zero-order chi connectivity index (χ0) is 27.2. The molecule has 0 fully saturated rings. The van der Waals surface area contributed by atoms with E-state index in [2.05, 4.69) is 5.32 Å². The summed E-state index contributed by atoms with van der Waals surface area (Å²) < 4.78 is 26.5. The second-order valence-corrected chi connectivity index (χ2v) is 11.7. The quantitative estimate of drug-likeness (QED) is 0.386. The lowest BCUT2D eigenvalue weighted by Gasteiger charge is -2.34. The molecule has 198 valence electrons. The number of rotatable bonds is 11. The van der Waals surface area contributed by atoms with Crippen molar-refractivity contribution >= 4 is 62.3 Å². The highest BCUT2D eigenvalue weighted by molar-refractivity contribution is 7.92. The minimum absolute atomic E-state index is 0.0735. The van der Waals surface area contributed by atoms with Crippen molar-refractivity contribution in [1.82, 2.24) is 10.2 Å². The second kappa shape index (κ2) is 13.0. The van der Waals surface area contributed by atoms with Crippen molar-refractivity contribution in [3.8, 4) is 0 Å². The molecule has 1 N–H and O–H groups in total. The van der Waals surface area contributed by atoms with Crippen molar-refractivity contribution < 1.29 is 18.0 Å². The number of hydrogen-bond donors (Lipinski definition) is 1. The van der Waals surface area contributed by atoms with Crippen LogP contribution in [0.15, 0.2) is 36.4 Å². The van der Waals surface area contributed by atoms with E-state index in [1.54, 1.807) is 50.2 Å². The third-order valence-electron chi connectivity index (χ3n) is 5.96. The summed E-state index contributed by atoms with van der Waals surface area (Å²) in [4.78, 5) is 28.3. The van der Waals surface area contributed by atoms with Crippen LogP contribution >= 0.6 is 34.8 Å². The fourth-order valence-electron chi connectivity index (χ4n) is 3.68. The Morgan fingerprint density at radius 3 is 2.06 bits per heavy atom. The van der Waals surface area contributed by atoms with Crippen LogP contribution in [0.3, 0.4) is 0 Å². The predicted octanol–water partition coefficient (Wildman–Crippen LogP) is 5.44. The van der Waals surface area contributed by atoms with Gasteiger partial charge in [-0.1, -0.05) is 60.8 Å². The molecule has 2 aromatic rings. The third kappa shape index (κ3) is 7.51. The number of nitrogens with one attached hydrogen (secondary N) is 1. The average molecular weight is 577 g/mol. The van der Waals surface area contributed by atoms with Gasteiger partial charge in [0.05, 0.1) is 11.9 Å². The van der Waals surface area contributed by atoms with E-state index in [1.165, 1.54) is 4.90 Å². The van der Waals surface area contributed by atoms with Gasteiger partial charge >= 0.3 is 0 Å². The fraction of sp³-hybridized carbons (Fsp3) is 0.440. The largest absolute Gasteiger partial charge is 0.352 e. The maximum absolute atomic E-state index is 13.8. The van der Waals surface area contributed by atoms with E-state index in [-0.39, 0.29) is 24.2 Å². The zero-order valence-corrected chi connectivity index (χ0v) is 24.1. The van der Waals surface area contributed by atoms with Crippen LogP contribution in [0.25, 0.3) is 0 Å². The Bertz CT molecular complexity index is 1190. The molecule has 2 amide bonds. The molecule has 0 unspecified atom stereocenters. The minimum atomic E-state index is -3.88. The first-order valence-corrected chi connectivity index (χ1v) is 14.5. The molecule has 0 heterocycles. The van der Waals surface area contributed by atoms with Crippen molar-refractivity contribution in [3.05, 3.63) is 62.6 Å². The van der Waals surface area contributed by atoms with Crippen LogP contribution in [-0.4, -0.2) is 50.0 Å². The smallest absolute Gasteiger partial charge is 0.244 e. The van der Waals surface area contributed by atoms with E-state index < -0.39 is 28.5 Å². The van der Waals surface area contributed by atoms with Crippen LogP contribution in [0.1, 0.15) is 44.7 Å². The number of carbonyl (C=O) groups excluding carboxylic acids is 2. The maximum atomic E-state index is 13.8. The normalized spacial score (nSPS) is 13.1. The van der Waals surface area contributed by atoms with Crippen molar-refractivity contribution in [1.29, 1.82) is 0 Å². The van der Waals surface area contributed by atoms with Gasteiger partial charge < -0.3 is 10.2 Å². The molecule has 2 atom stereocenters. The number of amides is 2. The number of benzene rings is 2. The summed E-state index contributed by atoms with van der Waals surface area (Å²) in [5, 5.41) is 3.96. The number of anilines is 1. The Hall–Kier alpha value is -2.00. The molecule has 0 spiro atoms. The molecular formula is C25H32Cl3N3O4S. The molecule has 0 radical (unpaired) electrons. The highest BCUT2D eigenvalue weighted by Crippen LogP contribution is 2.30. The average Bonchev–Trinajstić information content (AvgIpc) is 2.80. The standard InChI is InChI=1S/C25H32Cl3N3O4S/c1-6-16(3)29-25(33)22(7-2)30(14-18-20(27)11-8-12-21(18)28)24(32)15-31(36(5,34)35)23-13-9-10-19(26)17(23)4/h8-13,16,22H,6-7,14-15H2,1-5H3,(H,29,33)/t16-,22-/m0/s1. The Morgan fingerprint density at radius 2 is 1.53 bits per heavy atom. The molecule has 0 aliphatic rings. The first-order chi connectivity index (χ1) is 16.8. The van der Waals surface area contributed by atoms with Crippen LogP contribution in [0.4, 0.5) is 5.69 Å². The van der Waals surface area contributed by atoms with Crippen molar-refractivity contribution in [2.24, 2.45) is 0 Å². The van der Waals surface area contributed by atoms with Crippen LogP contribution in [0.2, 0.25) is 15.1 Å². The topological polar surface area (TPSA) is 86.8 Å². The molecule has 2 aromatic carbocycles. The highest BCUT2D eigenvalue weighted by atomic mass is 35.5. The van der Waals surface area contributed by atoms with E-state index in [9.17, 15) is 18.0 Å². The van der Waals surface area contributed by atoms with Gasteiger partial charge in [-0.15, -0.1) is 0 Å². The van der Waals surface area contributed by atoms with Gasteiger partial charge in [-0.2, -0.15) is 0 Å². The van der Waals surface area contributed by atoms with Gasteiger partial charge in [0.2, 0.25) is 21.8 Å². The summed E-state index contributed by atoms with van der Waals surface area (Å²) in [7, 11) is -3.88. The Labute approximate surface area is 228 Å². The number of carbonyl (C=O) groups is 2. The monoisotopic (exact) mass is 575 g/mol. The van der Waals surface area contributed by atoms with Crippen LogP contribution in [-0.2, 0) is 26.2 Å². The van der Waals surface area contributed by atoms with Crippen molar-refractivity contribution in [2.45, 2.75) is 59.2 Å². The Morgan fingerprint density at radius 1 is 0.972 bits per heavy atom. The molecule has 36 heavy (non-hydrogen) atoms. The van der Waals surface area contributed by atoms with Gasteiger partial charge in [0, 0.05) is 33.2 Å². The summed E-state index contributed by atoms with van der Waals surface area (Å²) in [6, 6.07) is 8.82. The number of hydrogen-bond acceptors (Lipinski definition) is 4. The Balaban J connectivity index is 2.55. The lowest BCUT2D eigenvalue weighted by Crippen LogP contribution is -2.53. The predicted molar refractivity (Wildman–Crippen MR) is 147 cm³/mol. The van der Waals surface area contributed by atoms with Gasteiger partial charge in [-0.05, 0) is 56.5 Å². The van der Waals surface area contributed by atoms with Crippen LogP contribution < -0.4 is 9.62 Å². The van der Waals surface area contributed by atoms with Crippen molar-refractivity contribution in [3.63, 3.8) is 0 Å². The van der Waals surface area contributed by atoms with Gasteiger partial charge in [-0.25, -0.2) is 8.42 Å². The lowest BCUT2D eigenvalue weighted by atomic mass is 10.1. The number of sulfonamides is 1. The van der Waals surface area contributed by atoms with Crippen molar-refractivity contribution in [2.75, 3.05) is 17.1 Å². The fourth-order valence-corrected chi connectivity index (χ4v) is 5.26. The molecule has 11 heteroatoms. The summed E-state index contributed by atoms with van der Waals surface area (Å²) in [5.41, 5.74) is 1.26. The van der Waals surface area contributed by atoms with Gasteiger partial charge in [0.25, 0.3) is 0 Å². The lowest BCUT2D eigenvalue weighted by molar-refractivity contribution is -0.140. The molecule has 0 bridgehead atoms. The third-order valence-corrected chi connectivity index (χ3v) is 8.21. The van der Waals surface area contributed by atoms with Crippen LogP contribution in [0, 0.1) is 6.92 Å². The molecule has 0 saturated carbocycles.